The summed E-state index contributed by atoms with van der Waals surface area (Å²) in [6.45, 7) is 1.13. The molecule has 0 bridgehead atoms. The number of amides is 1. The maximum Gasteiger partial charge on any atom is 0.251 e. The first-order valence-corrected chi connectivity index (χ1v) is 8.20. The van der Waals surface area contributed by atoms with Gasteiger partial charge in [-0.1, -0.05) is 18.2 Å². The van der Waals surface area contributed by atoms with E-state index in [2.05, 4.69) is 5.32 Å². The number of aliphatic hydroxyl groups excluding tert-OH is 1. The SMILES string of the molecule is O=C(N[C@@H]1CN(Cc2cc(F)ccc2F)C[C@H]1CO)c1ccccc1. The second kappa shape index (κ2) is 7.72. The van der Waals surface area contributed by atoms with E-state index in [1.165, 1.54) is 6.07 Å². The van der Waals surface area contributed by atoms with Gasteiger partial charge in [0.15, 0.2) is 0 Å². The van der Waals surface area contributed by atoms with E-state index < -0.39 is 11.6 Å². The molecule has 1 amide bonds. The standard InChI is InChI=1S/C19H20F2N2O2/c20-16-6-7-17(21)14(8-16)9-23-10-15(12-24)18(11-23)22-19(25)13-4-2-1-3-5-13/h1-8,15,18,24H,9-12H2,(H,22,25)/t15-,18+/m0/s1. The quantitative estimate of drug-likeness (QED) is 0.873. The van der Waals surface area contributed by atoms with E-state index in [0.29, 0.717) is 18.7 Å². The molecular formula is C19H20F2N2O2. The van der Waals surface area contributed by atoms with Gasteiger partial charge in [0, 0.05) is 49.3 Å². The Bertz CT molecular complexity index is 739. The van der Waals surface area contributed by atoms with E-state index in [1.54, 1.807) is 24.3 Å². The minimum Gasteiger partial charge on any atom is -0.396 e. The van der Waals surface area contributed by atoms with Gasteiger partial charge in [0.2, 0.25) is 0 Å². The van der Waals surface area contributed by atoms with E-state index in [-0.39, 0.29) is 36.6 Å². The van der Waals surface area contributed by atoms with E-state index in [9.17, 15) is 18.7 Å². The van der Waals surface area contributed by atoms with Gasteiger partial charge in [-0.3, -0.25) is 9.69 Å². The fourth-order valence-electron chi connectivity index (χ4n) is 3.18. The van der Waals surface area contributed by atoms with Crippen LogP contribution >= 0.6 is 0 Å². The van der Waals surface area contributed by atoms with Crippen LogP contribution in [-0.2, 0) is 6.54 Å². The molecule has 3 rings (SSSR count). The fourth-order valence-corrected chi connectivity index (χ4v) is 3.18. The predicted molar refractivity (Wildman–Crippen MR) is 89.9 cm³/mol. The summed E-state index contributed by atoms with van der Waals surface area (Å²) in [5, 5.41) is 12.5. The molecule has 132 valence electrons. The van der Waals surface area contributed by atoms with Crippen molar-refractivity contribution in [3.8, 4) is 0 Å². The lowest BCUT2D eigenvalue weighted by Gasteiger charge is -2.18. The van der Waals surface area contributed by atoms with Crippen molar-refractivity contribution in [2.75, 3.05) is 19.7 Å². The van der Waals surface area contributed by atoms with Crippen LogP contribution in [0.1, 0.15) is 15.9 Å². The Morgan fingerprint density at radius 1 is 1.16 bits per heavy atom. The second-order valence-electron chi connectivity index (χ2n) is 6.32. The van der Waals surface area contributed by atoms with E-state index in [4.69, 9.17) is 0 Å². The third kappa shape index (κ3) is 4.21. The molecule has 0 aliphatic carbocycles. The van der Waals surface area contributed by atoms with Crippen LogP contribution in [0.2, 0.25) is 0 Å². The Labute approximate surface area is 145 Å². The minimum atomic E-state index is -0.483. The highest BCUT2D eigenvalue weighted by Crippen LogP contribution is 2.21. The van der Waals surface area contributed by atoms with Crippen molar-refractivity contribution in [2.24, 2.45) is 5.92 Å². The lowest BCUT2D eigenvalue weighted by Crippen LogP contribution is -2.41. The van der Waals surface area contributed by atoms with Crippen molar-refractivity contribution < 1.29 is 18.7 Å². The third-order valence-electron chi connectivity index (χ3n) is 4.51. The van der Waals surface area contributed by atoms with Gasteiger partial charge in [-0.05, 0) is 30.3 Å². The van der Waals surface area contributed by atoms with Crippen LogP contribution in [0.25, 0.3) is 0 Å². The van der Waals surface area contributed by atoms with Crippen molar-refractivity contribution in [3.05, 3.63) is 71.3 Å². The zero-order valence-corrected chi connectivity index (χ0v) is 13.7. The summed E-state index contributed by atoms with van der Waals surface area (Å²) in [6, 6.07) is 12.0. The van der Waals surface area contributed by atoms with Gasteiger partial charge in [-0.15, -0.1) is 0 Å². The molecule has 2 aromatic rings. The van der Waals surface area contributed by atoms with Crippen molar-refractivity contribution in [2.45, 2.75) is 12.6 Å². The van der Waals surface area contributed by atoms with Crippen LogP contribution in [0.5, 0.6) is 0 Å². The Kier molecular flexibility index (Phi) is 5.40. The average Bonchev–Trinajstić information content (AvgIpc) is 3.00. The molecule has 0 radical (unpaired) electrons. The number of hydrogen-bond acceptors (Lipinski definition) is 3. The summed E-state index contributed by atoms with van der Waals surface area (Å²) < 4.78 is 27.1. The normalized spacial score (nSPS) is 20.6. The first-order chi connectivity index (χ1) is 12.1. The van der Waals surface area contributed by atoms with Crippen LogP contribution in [0, 0.1) is 17.6 Å². The molecule has 6 heteroatoms. The van der Waals surface area contributed by atoms with Gasteiger partial charge in [-0.25, -0.2) is 8.78 Å². The third-order valence-corrected chi connectivity index (χ3v) is 4.51. The Hall–Kier alpha value is -2.31. The highest BCUT2D eigenvalue weighted by molar-refractivity contribution is 5.94. The number of hydrogen-bond donors (Lipinski definition) is 2. The van der Waals surface area contributed by atoms with E-state index in [1.807, 2.05) is 11.0 Å². The second-order valence-corrected chi connectivity index (χ2v) is 6.32. The molecule has 2 N–H and O–H groups in total. The maximum absolute atomic E-state index is 13.8. The molecule has 1 fully saturated rings. The summed E-state index contributed by atoms with van der Waals surface area (Å²) in [5.74, 6) is -1.30. The van der Waals surface area contributed by atoms with Crippen molar-refractivity contribution >= 4 is 5.91 Å². The first-order valence-electron chi connectivity index (χ1n) is 8.20. The number of carbonyl (C=O) groups excluding carboxylic acids is 1. The van der Waals surface area contributed by atoms with Crippen LogP contribution in [0.3, 0.4) is 0 Å². The number of benzene rings is 2. The van der Waals surface area contributed by atoms with E-state index in [0.717, 1.165) is 12.1 Å². The molecule has 1 saturated heterocycles. The molecule has 4 nitrogen and oxygen atoms in total. The summed E-state index contributed by atoms with van der Waals surface area (Å²) in [4.78, 5) is 14.2. The van der Waals surface area contributed by atoms with Crippen LogP contribution < -0.4 is 5.32 Å². The Morgan fingerprint density at radius 2 is 1.92 bits per heavy atom. The van der Waals surface area contributed by atoms with Gasteiger partial charge in [0.25, 0.3) is 5.91 Å². The maximum atomic E-state index is 13.8. The van der Waals surface area contributed by atoms with Crippen LogP contribution in [0.15, 0.2) is 48.5 Å². The zero-order chi connectivity index (χ0) is 17.8. The molecule has 2 aromatic carbocycles. The monoisotopic (exact) mass is 346 g/mol. The summed E-state index contributed by atoms with van der Waals surface area (Å²) in [6.07, 6.45) is 0. The van der Waals surface area contributed by atoms with Gasteiger partial charge in [0.1, 0.15) is 11.6 Å². The number of likely N-dealkylation sites (tertiary alicyclic amines) is 1. The molecule has 1 aliphatic heterocycles. The average molecular weight is 346 g/mol. The summed E-state index contributed by atoms with van der Waals surface area (Å²) in [5.41, 5.74) is 0.820. The number of nitrogens with zero attached hydrogens (tertiary/aromatic N) is 1. The van der Waals surface area contributed by atoms with Crippen LogP contribution in [-0.4, -0.2) is 41.7 Å². The smallest absolute Gasteiger partial charge is 0.251 e. The number of carbonyl (C=O) groups is 1. The number of aliphatic hydroxyl groups is 1. The predicted octanol–water partition coefficient (Wildman–Crippen LogP) is 2.19. The zero-order valence-electron chi connectivity index (χ0n) is 13.7. The molecule has 0 aromatic heterocycles. The number of nitrogens with one attached hydrogen (secondary N) is 1. The number of halogens is 2. The summed E-state index contributed by atoms with van der Waals surface area (Å²) >= 11 is 0. The lowest BCUT2D eigenvalue weighted by molar-refractivity contribution is 0.0921. The molecule has 1 aliphatic rings. The van der Waals surface area contributed by atoms with Crippen molar-refractivity contribution in [3.63, 3.8) is 0 Å². The fraction of sp³-hybridized carbons (Fsp3) is 0.316. The Morgan fingerprint density at radius 3 is 2.64 bits per heavy atom. The van der Waals surface area contributed by atoms with Crippen molar-refractivity contribution in [1.82, 2.24) is 10.2 Å². The lowest BCUT2D eigenvalue weighted by atomic mass is 10.0. The highest BCUT2D eigenvalue weighted by atomic mass is 19.1. The molecule has 0 unspecified atom stereocenters. The van der Waals surface area contributed by atoms with Gasteiger partial charge >= 0.3 is 0 Å². The van der Waals surface area contributed by atoms with Gasteiger partial charge in [0.05, 0.1) is 0 Å². The first kappa shape index (κ1) is 17.5. The Balaban J connectivity index is 1.66. The van der Waals surface area contributed by atoms with Crippen LogP contribution in [0.4, 0.5) is 8.78 Å². The largest absolute Gasteiger partial charge is 0.396 e. The van der Waals surface area contributed by atoms with E-state index >= 15 is 0 Å². The highest BCUT2D eigenvalue weighted by Gasteiger charge is 2.33. The molecular weight excluding hydrogens is 326 g/mol. The van der Waals surface area contributed by atoms with Gasteiger partial charge < -0.3 is 10.4 Å². The number of rotatable bonds is 5. The van der Waals surface area contributed by atoms with Gasteiger partial charge in [-0.2, -0.15) is 0 Å². The molecule has 1 heterocycles. The van der Waals surface area contributed by atoms with Crippen molar-refractivity contribution in [1.29, 1.82) is 0 Å². The summed E-state index contributed by atoms with van der Waals surface area (Å²) in [7, 11) is 0. The molecule has 2 atom stereocenters. The molecule has 25 heavy (non-hydrogen) atoms. The molecule has 0 spiro atoms. The molecule has 0 saturated carbocycles. The minimum absolute atomic E-state index is 0.0815. The topological polar surface area (TPSA) is 52.6 Å².